The molecule has 0 radical (unpaired) electrons. The van der Waals surface area contributed by atoms with Gasteiger partial charge in [0.05, 0.1) is 89.3 Å². The third-order valence-corrected chi connectivity index (χ3v) is 17.9. The van der Waals surface area contributed by atoms with Crippen molar-refractivity contribution in [1.29, 1.82) is 0 Å². The maximum Gasteiger partial charge on any atom is 0.316 e. The van der Waals surface area contributed by atoms with Gasteiger partial charge in [-0.2, -0.15) is 8.42 Å². The van der Waals surface area contributed by atoms with Crippen LogP contribution in [0, 0.1) is 12.8 Å². The number of carbonyl (C=O) groups excluding carboxylic acids is 10. The minimum Gasteiger partial charge on any atom is -0.512 e. The number of carbonyl (C=O) groups is 10. The van der Waals surface area contributed by atoms with Gasteiger partial charge in [-0.05, 0) is 137 Å². The van der Waals surface area contributed by atoms with Crippen molar-refractivity contribution in [2.75, 3.05) is 52.2 Å². The van der Waals surface area contributed by atoms with Gasteiger partial charge >= 0.3 is 12.0 Å². The largest absolute Gasteiger partial charge is 0.512 e. The molecule has 7 rings (SSSR count). The number of ether oxygens (including phenoxy) is 1. The number of nitrogens with two attached hydrogens (primary N) is 3. The molecule has 100 heavy (non-hydrogen) atoms. The first-order chi connectivity index (χ1) is 47.4. The van der Waals surface area contributed by atoms with Crippen LogP contribution >= 0.6 is 0 Å². The number of aliphatic imine (C=N–C) groups is 4. The van der Waals surface area contributed by atoms with Gasteiger partial charge in [-0.3, -0.25) is 52.7 Å². The SMILES string of the molecule is CCC1=C(C)C2=NC1=CC1=NC(=C(CC(=O)OC)C3=NC(=Cc4[nH]c(c(=C(C)O)c4C)=C2)C(C)=C3CCC(=O)NCCCCC2NC(=O)NC(c3ccccc3)C(=O)NCC(C(N)=O)NC(=O)C(CO)CC(=O)CNC(=O)C(CCCN=C(N)N)NC2=O)C(C(=O)NCCS(=O)(=O)O)=C1C. The highest BCUT2D eigenvalue weighted by molar-refractivity contribution is 7.85. The summed E-state index contributed by atoms with van der Waals surface area (Å²) < 4.78 is 38.4. The predicted molar refractivity (Wildman–Crippen MR) is 371 cm³/mol. The molecule has 8 bridgehead atoms. The Balaban J connectivity index is 1.19. The number of nitrogens with one attached hydrogen (secondary N) is 9. The summed E-state index contributed by atoms with van der Waals surface area (Å²) in [6, 6.07) is 0.933. The van der Waals surface area contributed by atoms with Crippen LogP contribution in [0.4, 0.5) is 4.79 Å². The topological polar surface area (TPSA) is 514 Å². The van der Waals surface area contributed by atoms with Crippen molar-refractivity contribution in [3.05, 3.63) is 120 Å². The Morgan fingerprint density at radius 3 is 2.12 bits per heavy atom. The summed E-state index contributed by atoms with van der Waals surface area (Å²) in [5.41, 5.74) is 23.1. The lowest BCUT2D eigenvalue weighted by Crippen LogP contribution is -2.57. The Kier molecular flexibility index (Phi) is 26.6. The van der Waals surface area contributed by atoms with Crippen LogP contribution in [-0.4, -0.2) is 181 Å². The van der Waals surface area contributed by atoms with E-state index in [2.05, 4.69) is 52.5 Å². The summed E-state index contributed by atoms with van der Waals surface area (Å²) in [6.07, 6.45) is 4.73. The second-order valence-electron chi connectivity index (χ2n) is 24.3. The number of aromatic nitrogens is 1. The number of guanidine groups is 1. The number of esters is 1. The Bertz CT molecular complexity index is 4220. The number of rotatable bonds is 22. The van der Waals surface area contributed by atoms with Gasteiger partial charge in [-0.25, -0.2) is 19.8 Å². The molecule has 9 amide bonds. The molecule has 5 unspecified atom stereocenters. The molecule has 6 heterocycles. The van der Waals surface area contributed by atoms with E-state index in [1.54, 1.807) is 51.1 Å². The number of fused-ring (bicyclic) bond motifs is 5. The zero-order valence-corrected chi connectivity index (χ0v) is 57.4. The summed E-state index contributed by atoms with van der Waals surface area (Å²) >= 11 is 0. The molecule has 1 aromatic carbocycles. The number of ketones is 1. The van der Waals surface area contributed by atoms with Crippen molar-refractivity contribution in [2.24, 2.45) is 43.1 Å². The Labute approximate surface area is 576 Å². The molecule has 0 aliphatic carbocycles. The number of hydrogen-bond acceptors (Lipinski definition) is 19. The number of aromatic amines is 1. The Morgan fingerprint density at radius 1 is 0.760 bits per heavy atom. The lowest BCUT2D eigenvalue weighted by Gasteiger charge is -2.26. The second-order valence-corrected chi connectivity index (χ2v) is 25.9. The molecule has 5 atom stereocenters. The van der Waals surface area contributed by atoms with E-state index in [1.165, 1.54) is 19.2 Å². The summed E-state index contributed by atoms with van der Waals surface area (Å²) in [5.74, 6) is -9.86. The predicted octanol–water partition coefficient (Wildman–Crippen LogP) is -0.629. The van der Waals surface area contributed by atoms with E-state index in [0.29, 0.717) is 62.1 Å². The van der Waals surface area contributed by atoms with E-state index in [-0.39, 0.29) is 104 Å². The van der Waals surface area contributed by atoms with Crippen LogP contribution in [0.5, 0.6) is 0 Å². The standard InChI is InChI=1S/C67H86N16O16S/c1-8-41-33(2)46-29-51-55(37(6)85)35(4)48(77-51)27-47-34(3)42(58(78-47)43(26-54(88)99-7)59-56(64(93)72-23-24-100(96,97)98)36(5)49(79-59)28-50(41)76-46)19-20-53(87)71-21-13-12-17-45-63(92)80-44(18-14-22-73-66(69)70)62(91)74-30-40(86)25-39(32-84)61(90)81-52(60(68)89)31-75-65(94)57(83-67(95)82-45)38-15-10-9-11-16-38/h9-11,15-16,27-29,39,44-45,52,57,77,84-85H,8,12-14,17-26,30-32H2,1-7H3,(H2,68,89)(H,71,87)(H,72,93)(H,74,91)(H,75,94)(H,80,92)(H,81,90)(H4,69,70,73)(H2,82,83,95)(H,96,97,98). The maximum absolute atomic E-state index is 14.5. The van der Waals surface area contributed by atoms with E-state index in [0.717, 1.165) is 11.1 Å². The molecular weight excluding hydrogens is 1320 g/mol. The monoisotopic (exact) mass is 1400 g/mol. The average Bonchev–Trinajstić information content (AvgIpc) is 1.60. The third-order valence-electron chi connectivity index (χ3n) is 17.2. The first-order valence-corrected chi connectivity index (χ1v) is 34.0. The number of methoxy groups -OCH3 is 1. The number of H-pyrrole nitrogens is 1. The molecule has 1 saturated heterocycles. The van der Waals surface area contributed by atoms with Gasteiger partial charge in [-0.15, -0.1) is 0 Å². The normalized spacial score (nSPS) is 20.8. The molecule has 18 N–H and O–H groups in total. The molecule has 536 valence electrons. The number of Topliss-reactive ketones (excluding diaryl/α,β-unsaturated/α-hetero) is 1. The van der Waals surface area contributed by atoms with Crippen molar-refractivity contribution in [1.82, 2.24) is 47.5 Å². The van der Waals surface area contributed by atoms with Crippen molar-refractivity contribution >= 4 is 110 Å². The molecule has 5 aliphatic rings. The lowest BCUT2D eigenvalue weighted by molar-refractivity contribution is -0.139. The molecule has 1 fully saturated rings. The fourth-order valence-corrected chi connectivity index (χ4v) is 12.2. The van der Waals surface area contributed by atoms with Gasteiger partial charge in [0.2, 0.25) is 35.4 Å². The summed E-state index contributed by atoms with van der Waals surface area (Å²) in [7, 11) is -3.34. The van der Waals surface area contributed by atoms with Crippen molar-refractivity contribution in [3.63, 3.8) is 0 Å². The fraction of sp³-hybridized carbons (Fsp3) is 0.433. The molecule has 5 aliphatic heterocycles. The summed E-state index contributed by atoms with van der Waals surface area (Å²) in [6.45, 7) is 8.08. The minimum absolute atomic E-state index is 0.00975. The maximum atomic E-state index is 14.5. The van der Waals surface area contributed by atoms with Gasteiger partial charge in [0.15, 0.2) is 11.7 Å². The van der Waals surface area contributed by atoms with Gasteiger partial charge < -0.3 is 79.7 Å². The molecule has 0 spiro atoms. The Morgan fingerprint density at radius 2 is 1.46 bits per heavy atom. The van der Waals surface area contributed by atoms with E-state index in [1.807, 2.05) is 26.8 Å². The first kappa shape index (κ1) is 76.7. The molecular formula is C67H86N16O16S. The molecule has 1 aromatic heterocycles. The van der Waals surface area contributed by atoms with Gasteiger partial charge in [0, 0.05) is 55.5 Å². The van der Waals surface area contributed by atoms with E-state index >= 15 is 0 Å². The molecule has 0 saturated carbocycles. The van der Waals surface area contributed by atoms with Crippen molar-refractivity contribution in [3.8, 4) is 0 Å². The number of allylic oxidation sites excluding steroid dienone is 6. The van der Waals surface area contributed by atoms with Gasteiger partial charge in [0.1, 0.15) is 24.2 Å². The lowest BCUT2D eigenvalue weighted by atomic mass is 9.90. The highest BCUT2D eigenvalue weighted by Crippen LogP contribution is 2.39. The highest BCUT2D eigenvalue weighted by Gasteiger charge is 2.37. The highest BCUT2D eigenvalue weighted by atomic mass is 32.2. The average molecular weight is 1400 g/mol. The van der Waals surface area contributed by atoms with Crippen LogP contribution in [0.3, 0.4) is 0 Å². The van der Waals surface area contributed by atoms with Crippen LogP contribution in [0.2, 0.25) is 0 Å². The molecule has 2 aromatic rings. The van der Waals surface area contributed by atoms with Gasteiger partial charge in [0.25, 0.3) is 16.0 Å². The molecule has 33 heteroatoms. The number of hydrogen-bond donors (Lipinski definition) is 15. The van der Waals surface area contributed by atoms with Crippen molar-refractivity contribution in [2.45, 2.75) is 130 Å². The van der Waals surface area contributed by atoms with E-state index < -0.39 is 144 Å². The quantitative estimate of drug-likeness (QED) is 0.0229. The second kappa shape index (κ2) is 34.7. The smallest absolute Gasteiger partial charge is 0.316 e. The van der Waals surface area contributed by atoms with E-state index in [9.17, 15) is 71.1 Å². The number of unbranched alkanes of at least 4 members (excludes halogenated alkanes) is 1. The van der Waals surface area contributed by atoms with Crippen LogP contribution in [-0.2, 0) is 58.0 Å². The fourth-order valence-electron chi connectivity index (χ4n) is 11.8. The van der Waals surface area contributed by atoms with E-state index in [4.69, 9.17) is 36.9 Å². The summed E-state index contributed by atoms with van der Waals surface area (Å²) in [5, 5.41) is 42.8. The third kappa shape index (κ3) is 20.0. The Hall–Kier alpha value is -10.7. The zero-order chi connectivity index (χ0) is 73.3. The minimum atomic E-state index is -4.52. The van der Waals surface area contributed by atoms with Gasteiger partial charge in [-0.1, -0.05) is 37.3 Å². The number of benzene rings is 1. The first-order valence-electron chi connectivity index (χ1n) is 32.4. The number of aliphatic hydroxyl groups is 2. The van der Waals surface area contributed by atoms with Crippen LogP contribution in [0.15, 0.2) is 112 Å². The number of primary amides is 1. The number of nitrogens with zero attached hydrogens (tertiary/aromatic N) is 4. The van der Waals surface area contributed by atoms with Crippen LogP contribution in [0.25, 0.3) is 17.9 Å². The van der Waals surface area contributed by atoms with Crippen LogP contribution in [0.1, 0.15) is 122 Å². The summed E-state index contributed by atoms with van der Waals surface area (Å²) in [4.78, 5) is 160. The zero-order valence-electron chi connectivity index (χ0n) is 56.6. The molecule has 32 nitrogen and oxygen atoms in total. The number of aliphatic hydroxyl groups excluding tert-OH is 2. The van der Waals surface area contributed by atoms with Crippen LogP contribution < -0.4 is 70.3 Å². The number of urea groups is 1. The van der Waals surface area contributed by atoms with Crippen molar-refractivity contribution < 1.29 is 75.9 Å². The number of amides is 9.